The number of benzene rings is 1. The molecule has 0 bridgehead atoms. The van der Waals surface area contributed by atoms with Gasteiger partial charge in [0.25, 0.3) is 5.91 Å². The second kappa shape index (κ2) is 7.94. The van der Waals surface area contributed by atoms with E-state index in [4.69, 9.17) is 4.74 Å². The van der Waals surface area contributed by atoms with Gasteiger partial charge in [0.15, 0.2) is 17.4 Å². The quantitative estimate of drug-likeness (QED) is 0.588. The number of aryl methyl sites for hydroxylation is 2. The van der Waals surface area contributed by atoms with Gasteiger partial charge in [-0.3, -0.25) is 4.79 Å². The highest BCUT2D eigenvalue weighted by Gasteiger charge is 2.15. The Morgan fingerprint density at radius 3 is 3.00 bits per heavy atom. The molecule has 0 atom stereocenters. The molecule has 130 valence electrons. The molecule has 0 fully saturated rings. The molecule has 1 aliphatic rings. The Kier molecular flexibility index (Phi) is 5.45. The third-order valence-electron chi connectivity index (χ3n) is 3.83. The number of thiazole rings is 1. The van der Waals surface area contributed by atoms with Gasteiger partial charge in [0, 0.05) is 17.6 Å². The Hall–Kier alpha value is -2.67. The lowest BCUT2D eigenvalue weighted by molar-refractivity contribution is -0.119. The van der Waals surface area contributed by atoms with Crippen LogP contribution in [0, 0.1) is 0 Å². The van der Waals surface area contributed by atoms with E-state index in [1.807, 2.05) is 18.2 Å². The second-order valence-corrected chi connectivity index (χ2v) is 6.53. The van der Waals surface area contributed by atoms with Gasteiger partial charge in [-0.05, 0) is 42.5 Å². The van der Waals surface area contributed by atoms with E-state index < -0.39 is 5.97 Å². The van der Waals surface area contributed by atoms with Crippen LogP contribution in [0.1, 0.15) is 28.0 Å². The van der Waals surface area contributed by atoms with Gasteiger partial charge in [0.2, 0.25) is 0 Å². The summed E-state index contributed by atoms with van der Waals surface area (Å²) in [6, 6.07) is 5.90. The Balaban J connectivity index is 1.49. The van der Waals surface area contributed by atoms with Gasteiger partial charge in [-0.2, -0.15) is 0 Å². The lowest BCUT2D eigenvalue weighted by Gasteiger charge is -2.07. The summed E-state index contributed by atoms with van der Waals surface area (Å²) in [6.45, 7) is 3.81. The molecule has 3 rings (SSSR count). The zero-order valence-corrected chi connectivity index (χ0v) is 14.5. The van der Waals surface area contributed by atoms with Crippen LogP contribution in [0.4, 0.5) is 10.8 Å². The smallest absolute Gasteiger partial charge is 0.358 e. The number of hydrogen-bond acceptors (Lipinski definition) is 6. The van der Waals surface area contributed by atoms with Gasteiger partial charge in [-0.15, -0.1) is 17.9 Å². The predicted molar refractivity (Wildman–Crippen MR) is 98.2 cm³/mol. The summed E-state index contributed by atoms with van der Waals surface area (Å²) < 4.78 is 5.02. The SMILES string of the molecule is C=CCNc1nc(C(=O)OCC(=O)Nc2ccc3c(c2)CCC3)cs1. The fourth-order valence-electron chi connectivity index (χ4n) is 2.66. The largest absolute Gasteiger partial charge is 0.451 e. The molecule has 0 spiro atoms. The van der Waals surface area contributed by atoms with Crippen LogP contribution in [0.15, 0.2) is 36.2 Å². The minimum atomic E-state index is -0.619. The molecule has 1 aromatic heterocycles. The van der Waals surface area contributed by atoms with Crippen molar-refractivity contribution in [3.05, 3.63) is 53.1 Å². The monoisotopic (exact) mass is 357 g/mol. The summed E-state index contributed by atoms with van der Waals surface area (Å²) in [5, 5.41) is 7.94. The van der Waals surface area contributed by atoms with Crippen LogP contribution in [0.2, 0.25) is 0 Å². The number of fused-ring (bicyclic) bond motifs is 1. The maximum Gasteiger partial charge on any atom is 0.358 e. The molecule has 25 heavy (non-hydrogen) atoms. The third kappa shape index (κ3) is 4.45. The summed E-state index contributed by atoms with van der Waals surface area (Å²) >= 11 is 1.29. The first-order valence-electron chi connectivity index (χ1n) is 8.05. The molecule has 0 saturated carbocycles. The number of nitrogens with one attached hydrogen (secondary N) is 2. The van der Waals surface area contributed by atoms with E-state index in [0.29, 0.717) is 11.7 Å². The molecular formula is C18H19N3O3S. The van der Waals surface area contributed by atoms with Crippen molar-refractivity contribution in [2.45, 2.75) is 19.3 Å². The maximum atomic E-state index is 12.0. The molecule has 1 aromatic carbocycles. The minimum absolute atomic E-state index is 0.182. The molecule has 6 nitrogen and oxygen atoms in total. The lowest BCUT2D eigenvalue weighted by atomic mass is 10.1. The van der Waals surface area contributed by atoms with E-state index in [1.54, 1.807) is 11.5 Å². The Labute approximate surface area is 149 Å². The molecule has 2 N–H and O–H groups in total. The Morgan fingerprint density at radius 1 is 1.32 bits per heavy atom. The fourth-order valence-corrected chi connectivity index (χ4v) is 3.35. The van der Waals surface area contributed by atoms with E-state index in [9.17, 15) is 9.59 Å². The van der Waals surface area contributed by atoms with Crippen molar-refractivity contribution in [1.29, 1.82) is 0 Å². The predicted octanol–water partition coefficient (Wildman–Crippen LogP) is 3.03. The van der Waals surface area contributed by atoms with Crippen LogP contribution >= 0.6 is 11.3 Å². The summed E-state index contributed by atoms with van der Waals surface area (Å²) in [4.78, 5) is 28.0. The molecule has 2 aromatic rings. The zero-order valence-electron chi connectivity index (χ0n) is 13.7. The molecule has 1 heterocycles. The van der Waals surface area contributed by atoms with Crippen molar-refractivity contribution in [2.24, 2.45) is 0 Å². The van der Waals surface area contributed by atoms with Crippen molar-refractivity contribution in [3.63, 3.8) is 0 Å². The van der Waals surface area contributed by atoms with Gasteiger partial charge >= 0.3 is 5.97 Å². The molecule has 1 amide bonds. The average molecular weight is 357 g/mol. The van der Waals surface area contributed by atoms with Gasteiger partial charge in [0.05, 0.1) is 0 Å². The summed E-state index contributed by atoms with van der Waals surface area (Å²) in [6.07, 6.45) is 4.99. The average Bonchev–Trinajstić information content (AvgIpc) is 3.26. The maximum absolute atomic E-state index is 12.0. The topological polar surface area (TPSA) is 80.3 Å². The number of esters is 1. The number of carbonyl (C=O) groups excluding carboxylic acids is 2. The number of nitrogens with zero attached hydrogens (tertiary/aromatic N) is 1. The lowest BCUT2D eigenvalue weighted by Crippen LogP contribution is -2.21. The second-order valence-electron chi connectivity index (χ2n) is 5.67. The number of carbonyl (C=O) groups is 2. The van der Waals surface area contributed by atoms with E-state index in [-0.39, 0.29) is 18.2 Å². The normalized spacial score (nSPS) is 12.3. The van der Waals surface area contributed by atoms with Crippen molar-refractivity contribution in [2.75, 3.05) is 23.8 Å². The van der Waals surface area contributed by atoms with Crippen LogP contribution in [-0.2, 0) is 22.4 Å². The fraction of sp³-hybridized carbons (Fsp3) is 0.278. The van der Waals surface area contributed by atoms with Crippen LogP contribution in [0.25, 0.3) is 0 Å². The van der Waals surface area contributed by atoms with Crippen LogP contribution < -0.4 is 10.6 Å². The molecular weight excluding hydrogens is 338 g/mol. The number of rotatable bonds is 7. The van der Waals surface area contributed by atoms with Crippen LogP contribution in [-0.4, -0.2) is 30.0 Å². The number of ether oxygens (including phenoxy) is 1. The van der Waals surface area contributed by atoms with Crippen LogP contribution in [0.5, 0.6) is 0 Å². The van der Waals surface area contributed by atoms with Crippen molar-refractivity contribution in [3.8, 4) is 0 Å². The van der Waals surface area contributed by atoms with E-state index in [2.05, 4.69) is 22.2 Å². The van der Waals surface area contributed by atoms with Crippen molar-refractivity contribution >= 4 is 34.0 Å². The molecule has 0 unspecified atom stereocenters. The van der Waals surface area contributed by atoms with Gasteiger partial charge in [-0.25, -0.2) is 9.78 Å². The molecule has 0 radical (unpaired) electrons. The van der Waals surface area contributed by atoms with E-state index >= 15 is 0 Å². The number of hydrogen-bond donors (Lipinski definition) is 2. The number of amides is 1. The molecule has 0 saturated heterocycles. The third-order valence-corrected chi connectivity index (χ3v) is 4.63. The highest BCUT2D eigenvalue weighted by Crippen LogP contribution is 2.24. The summed E-state index contributed by atoms with van der Waals surface area (Å²) in [5.41, 5.74) is 3.53. The van der Waals surface area contributed by atoms with Gasteiger partial charge < -0.3 is 15.4 Å². The summed E-state index contributed by atoms with van der Waals surface area (Å²) in [7, 11) is 0. The van der Waals surface area contributed by atoms with Crippen LogP contribution in [0.3, 0.4) is 0 Å². The van der Waals surface area contributed by atoms with E-state index in [0.717, 1.165) is 24.9 Å². The van der Waals surface area contributed by atoms with Gasteiger partial charge in [0.1, 0.15) is 0 Å². The van der Waals surface area contributed by atoms with Crippen molar-refractivity contribution in [1.82, 2.24) is 4.98 Å². The standard InChI is InChI=1S/C18H19N3O3S/c1-2-8-19-18-21-15(11-25-18)17(23)24-10-16(22)20-14-7-6-12-4-3-5-13(12)9-14/h2,6-7,9,11H,1,3-5,8,10H2,(H,19,21)(H,20,22). The number of anilines is 2. The first-order valence-corrected chi connectivity index (χ1v) is 8.93. The first-order chi connectivity index (χ1) is 12.2. The summed E-state index contributed by atoms with van der Waals surface area (Å²) in [5.74, 6) is -0.987. The van der Waals surface area contributed by atoms with Gasteiger partial charge in [-0.1, -0.05) is 12.1 Å². The highest BCUT2D eigenvalue weighted by atomic mass is 32.1. The molecule has 7 heteroatoms. The van der Waals surface area contributed by atoms with Crippen molar-refractivity contribution < 1.29 is 14.3 Å². The minimum Gasteiger partial charge on any atom is -0.451 e. The molecule has 0 aliphatic heterocycles. The number of aromatic nitrogens is 1. The first kappa shape index (κ1) is 17.2. The molecule has 1 aliphatic carbocycles. The van der Waals surface area contributed by atoms with E-state index in [1.165, 1.54) is 22.5 Å². The zero-order chi connectivity index (χ0) is 17.6. The highest BCUT2D eigenvalue weighted by molar-refractivity contribution is 7.13. The Bertz CT molecular complexity index is 801. The Morgan fingerprint density at radius 2 is 2.16 bits per heavy atom.